The molecule has 0 saturated heterocycles. The van der Waals surface area contributed by atoms with Gasteiger partial charge in [0.05, 0.1) is 0 Å². The minimum Gasteiger partial charge on any atom is -0.300 e. The van der Waals surface area contributed by atoms with Gasteiger partial charge in [0.2, 0.25) is 0 Å². The summed E-state index contributed by atoms with van der Waals surface area (Å²) < 4.78 is 13.7. The van der Waals surface area contributed by atoms with Crippen LogP contribution in [0.5, 0.6) is 0 Å². The maximum Gasteiger partial charge on any atom is 0.266 e. The molecule has 1 atom stereocenters. The van der Waals surface area contributed by atoms with Gasteiger partial charge in [-0.05, 0) is 12.5 Å². The minimum atomic E-state index is -1.24. The normalized spacial score (nSPS) is 21.2. The molecule has 14 heavy (non-hydrogen) atoms. The first-order chi connectivity index (χ1) is 6.50. The molecule has 3 nitrogen and oxygen atoms in total. The van der Waals surface area contributed by atoms with Crippen molar-refractivity contribution in [3.05, 3.63) is 28.3 Å². The van der Waals surface area contributed by atoms with Crippen LogP contribution in [0.4, 0.5) is 4.39 Å². The molecule has 0 bridgehead atoms. The maximum absolute atomic E-state index is 13.2. The molecule has 1 aliphatic rings. The van der Waals surface area contributed by atoms with Crippen LogP contribution in [0.2, 0.25) is 0 Å². The number of carbonyl (C=O) groups is 1. The first-order valence-electron chi connectivity index (χ1n) is 4.45. The second-order valence-corrected chi connectivity index (χ2v) is 3.43. The van der Waals surface area contributed by atoms with Crippen molar-refractivity contribution in [3.8, 4) is 0 Å². The number of hydrogen-bond donors (Lipinski definition) is 0. The Morgan fingerprint density at radius 1 is 1.71 bits per heavy atom. The number of allylic oxidation sites excluding steroid dienone is 4. The fourth-order valence-corrected chi connectivity index (χ4v) is 1.41. The molecule has 0 aromatic rings. The molecule has 4 heteroatoms. The standard InChI is InChI=1S/C10H13FNO2/c1-7(13)5-8-3-4-9(11)10(6-8)12(2)14/h3,6,9H,4-5H2,1-2H3/q+1. The molecule has 0 fully saturated rings. The van der Waals surface area contributed by atoms with Gasteiger partial charge < -0.3 is 0 Å². The van der Waals surface area contributed by atoms with Gasteiger partial charge in [-0.1, -0.05) is 6.08 Å². The van der Waals surface area contributed by atoms with E-state index in [0.717, 1.165) is 5.57 Å². The number of halogens is 1. The predicted molar refractivity (Wildman–Crippen MR) is 50.5 cm³/mol. The molecular weight excluding hydrogens is 185 g/mol. The summed E-state index contributed by atoms with van der Waals surface area (Å²) in [7, 11) is 1.26. The van der Waals surface area contributed by atoms with E-state index in [4.69, 9.17) is 0 Å². The van der Waals surface area contributed by atoms with Crippen LogP contribution in [0, 0.1) is 4.91 Å². The maximum atomic E-state index is 13.2. The molecule has 0 heterocycles. The van der Waals surface area contributed by atoms with E-state index < -0.39 is 6.17 Å². The lowest BCUT2D eigenvalue weighted by atomic mass is 9.99. The van der Waals surface area contributed by atoms with E-state index in [-0.39, 0.29) is 24.3 Å². The van der Waals surface area contributed by atoms with Crippen LogP contribution in [0.3, 0.4) is 0 Å². The van der Waals surface area contributed by atoms with Crippen molar-refractivity contribution >= 4 is 5.78 Å². The fraction of sp³-hybridized carbons (Fsp3) is 0.500. The topological polar surface area (TPSA) is 37.1 Å². The van der Waals surface area contributed by atoms with Gasteiger partial charge in [-0.2, -0.15) is 0 Å². The van der Waals surface area contributed by atoms with Crippen LogP contribution in [0.1, 0.15) is 19.8 Å². The first kappa shape index (κ1) is 10.8. The van der Waals surface area contributed by atoms with Gasteiger partial charge in [-0.25, -0.2) is 4.39 Å². The third kappa shape index (κ3) is 2.58. The molecule has 0 N–H and O–H groups in total. The fourth-order valence-electron chi connectivity index (χ4n) is 1.41. The van der Waals surface area contributed by atoms with Gasteiger partial charge in [0.15, 0.2) is 13.2 Å². The summed E-state index contributed by atoms with van der Waals surface area (Å²) in [6, 6.07) is 0. The Kier molecular flexibility index (Phi) is 3.28. The molecule has 76 valence electrons. The van der Waals surface area contributed by atoms with Gasteiger partial charge in [0, 0.05) is 28.6 Å². The smallest absolute Gasteiger partial charge is 0.266 e. The van der Waals surface area contributed by atoms with Crippen molar-refractivity contribution in [2.75, 3.05) is 7.05 Å². The lowest BCUT2D eigenvalue weighted by molar-refractivity contribution is -0.474. The highest BCUT2D eigenvalue weighted by molar-refractivity contribution is 5.78. The van der Waals surface area contributed by atoms with E-state index in [1.165, 1.54) is 20.0 Å². The Balaban J connectivity index is 2.83. The van der Waals surface area contributed by atoms with E-state index in [9.17, 15) is 14.1 Å². The Hall–Kier alpha value is -1.32. The Bertz CT molecular complexity index is 331. The summed E-state index contributed by atoms with van der Waals surface area (Å²) in [6.45, 7) is 1.47. The van der Waals surface area contributed by atoms with Gasteiger partial charge in [-0.3, -0.25) is 4.79 Å². The third-order valence-corrected chi connectivity index (χ3v) is 2.06. The number of hydrogen-bond acceptors (Lipinski definition) is 2. The second kappa shape index (κ2) is 4.26. The highest BCUT2D eigenvalue weighted by atomic mass is 19.1. The molecule has 1 unspecified atom stereocenters. The monoisotopic (exact) mass is 198 g/mol. The minimum absolute atomic E-state index is 0.0118. The highest BCUT2D eigenvalue weighted by Crippen LogP contribution is 2.22. The van der Waals surface area contributed by atoms with Crippen LogP contribution in [-0.2, 0) is 4.79 Å². The summed E-state index contributed by atoms with van der Waals surface area (Å²) >= 11 is 0. The zero-order chi connectivity index (χ0) is 10.7. The molecule has 0 spiro atoms. The van der Waals surface area contributed by atoms with Crippen molar-refractivity contribution in [1.29, 1.82) is 0 Å². The van der Waals surface area contributed by atoms with Crippen LogP contribution in [-0.4, -0.2) is 23.8 Å². The number of alkyl halides is 1. The molecule has 0 aromatic heterocycles. The van der Waals surface area contributed by atoms with E-state index in [1.54, 1.807) is 6.08 Å². The SMILES string of the molecule is CC(=O)CC1=CCC(F)C([N+](C)=O)=C1. The summed E-state index contributed by atoms with van der Waals surface area (Å²) in [6.07, 6.45) is 2.33. The largest absolute Gasteiger partial charge is 0.300 e. The molecule has 1 rings (SSSR count). The molecular formula is C10H13FNO2+. The third-order valence-electron chi connectivity index (χ3n) is 2.06. The van der Waals surface area contributed by atoms with Gasteiger partial charge >= 0.3 is 0 Å². The van der Waals surface area contributed by atoms with Crippen LogP contribution >= 0.6 is 0 Å². The number of rotatable bonds is 3. The Labute approximate surface area is 81.9 Å². The Morgan fingerprint density at radius 3 is 2.86 bits per heavy atom. The average molecular weight is 198 g/mol. The molecule has 0 amide bonds. The lowest BCUT2D eigenvalue weighted by Gasteiger charge is -2.09. The van der Waals surface area contributed by atoms with Crippen LogP contribution in [0.25, 0.3) is 0 Å². The summed E-state index contributed by atoms with van der Waals surface area (Å²) in [5.41, 5.74) is 0.827. The number of nitroso groups, excluding NO2 is 1. The Morgan fingerprint density at radius 2 is 2.36 bits per heavy atom. The van der Waals surface area contributed by atoms with E-state index in [2.05, 4.69) is 0 Å². The van der Waals surface area contributed by atoms with Crippen LogP contribution < -0.4 is 0 Å². The van der Waals surface area contributed by atoms with Crippen LogP contribution in [0.15, 0.2) is 23.4 Å². The quantitative estimate of drug-likeness (QED) is 0.650. The molecule has 0 aliphatic heterocycles. The van der Waals surface area contributed by atoms with Crippen molar-refractivity contribution in [2.45, 2.75) is 25.9 Å². The number of Topliss-reactive ketones (excluding diaryl/α,β-unsaturated/α-hetero) is 1. The second-order valence-electron chi connectivity index (χ2n) is 3.43. The first-order valence-corrected chi connectivity index (χ1v) is 4.45. The molecule has 0 radical (unpaired) electrons. The van der Waals surface area contributed by atoms with E-state index in [1.807, 2.05) is 0 Å². The van der Waals surface area contributed by atoms with Crippen molar-refractivity contribution in [3.63, 3.8) is 0 Å². The molecule has 0 saturated carbocycles. The summed E-state index contributed by atoms with van der Waals surface area (Å²) in [4.78, 5) is 21.8. The van der Waals surface area contributed by atoms with Gasteiger partial charge in [0.1, 0.15) is 5.78 Å². The number of ketones is 1. The molecule has 0 aromatic carbocycles. The predicted octanol–water partition coefficient (Wildman–Crippen LogP) is 1.93. The zero-order valence-electron chi connectivity index (χ0n) is 8.29. The zero-order valence-corrected chi connectivity index (χ0v) is 8.29. The molecule has 1 aliphatic carbocycles. The summed E-state index contributed by atoms with van der Waals surface area (Å²) in [5, 5.41) is 0. The number of nitrogens with zero attached hydrogens (tertiary/aromatic N) is 1. The highest BCUT2D eigenvalue weighted by Gasteiger charge is 2.27. The van der Waals surface area contributed by atoms with Crippen molar-refractivity contribution in [1.82, 2.24) is 0 Å². The van der Waals surface area contributed by atoms with E-state index >= 15 is 0 Å². The van der Waals surface area contributed by atoms with Crippen molar-refractivity contribution in [2.24, 2.45) is 0 Å². The van der Waals surface area contributed by atoms with Gasteiger partial charge in [0.25, 0.3) is 5.70 Å². The van der Waals surface area contributed by atoms with Crippen molar-refractivity contribution < 1.29 is 13.9 Å². The number of carbonyl (C=O) groups excluding carboxylic acids is 1. The van der Waals surface area contributed by atoms with Gasteiger partial charge in [-0.15, -0.1) is 0 Å². The lowest BCUT2D eigenvalue weighted by Crippen LogP contribution is -2.16. The summed E-state index contributed by atoms with van der Waals surface area (Å²) in [5.74, 6) is 0.0118. The van der Waals surface area contributed by atoms with E-state index in [0.29, 0.717) is 4.76 Å². The average Bonchev–Trinajstić information content (AvgIpc) is 2.07.